The molecule has 1 saturated heterocycles. The summed E-state index contributed by atoms with van der Waals surface area (Å²) < 4.78 is 38.2. The Balaban J connectivity index is 1.68. The molecule has 1 spiro atoms. The number of carbonyl (C=O) groups is 1. The van der Waals surface area contributed by atoms with Gasteiger partial charge < -0.3 is 9.80 Å². The number of hydrogen-bond acceptors (Lipinski definition) is 2. The lowest BCUT2D eigenvalue weighted by atomic mass is 9.72. The highest BCUT2D eigenvalue weighted by Gasteiger charge is 2.47. The second-order valence-electron chi connectivity index (χ2n) is 10.5. The minimum absolute atomic E-state index is 0.00629. The first kappa shape index (κ1) is 25.3. The molecule has 3 nitrogen and oxygen atoms in total. The maximum atomic E-state index is 13.7. The van der Waals surface area contributed by atoms with Crippen molar-refractivity contribution in [2.75, 3.05) is 31.1 Å². The van der Waals surface area contributed by atoms with Crippen molar-refractivity contribution in [2.45, 2.75) is 57.0 Å². The molecule has 2 aromatic carbocycles. The maximum Gasteiger partial charge on any atom is 0.390 e. The topological polar surface area (TPSA) is 23.6 Å². The van der Waals surface area contributed by atoms with Gasteiger partial charge in [0, 0.05) is 24.2 Å². The quantitative estimate of drug-likeness (QED) is 0.432. The van der Waals surface area contributed by atoms with Crippen LogP contribution in [0, 0.1) is 0 Å². The summed E-state index contributed by atoms with van der Waals surface area (Å²) in [6, 6.07) is 11.2. The summed E-state index contributed by atoms with van der Waals surface area (Å²) in [5.41, 5.74) is 2.97. The van der Waals surface area contributed by atoms with E-state index in [4.69, 9.17) is 23.2 Å². The summed E-state index contributed by atoms with van der Waals surface area (Å²) in [6.07, 6.45) is -3.59. The second-order valence-corrected chi connectivity index (χ2v) is 11.3. The molecule has 4 rings (SSSR count). The molecule has 0 aliphatic carbocycles. The Labute approximate surface area is 208 Å². The molecule has 0 bridgehead atoms. The van der Waals surface area contributed by atoms with Crippen LogP contribution in [-0.2, 0) is 10.8 Å². The molecule has 1 amide bonds. The number of alkyl halides is 3. The van der Waals surface area contributed by atoms with Crippen molar-refractivity contribution in [3.8, 4) is 0 Å². The van der Waals surface area contributed by atoms with Crippen LogP contribution in [0.3, 0.4) is 0 Å². The first-order chi connectivity index (χ1) is 15.8. The molecule has 1 fully saturated rings. The number of amides is 1. The van der Waals surface area contributed by atoms with Gasteiger partial charge in [-0.2, -0.15) is 13.2 Å². The van der Waals surface area contributed by atoms with Crippen LogP contribution in [0.5, 0.6) is 0 Å². The van der Waals surface area contributed by atoms with E-state index in [9.17, 15) is 18.0 Å². The predicted octanol–water partition coefficient (Wildman–Crippen LogP) is 7.24. The fourth-order valence-electron chi connectivity index (χ4n) is 5.07. The summed E-state index contributed by atoms with van der Waals surface area (Å²) in [7, 11) is 0. The van der Waals surface area contributed by atoms with Crippen molar-refractivity contribution < 1.29 is 18.0 Å². The summed E-state index contributed by atoms with van der Waals surface area (Å²) >= 11 is 12.7. The minimum Gasteiger partial charge on any atom is -0.307 e. The van der Waals surface area contributed by atoms with Gasteiger partial charge in [0.1, 0.15) is 0 Å². The van der Waals surface area contributed by atoms with Gasteiger partial charge in [-0.3, -0.25) is 4.79 Å². The van der Waals surface area contributed by atoms with Crippen LogP contribution >= 0.6 is 23.2 Å². The number of fused-ring (bicyclic) bond motifs is 2. The van der Waals surface area contributed by atoms with E-state index in [1.807, 2.05) is 17.0 Å². The molecule has 2 heterocycles. The lowest BCUT2D eigenvalue weighted by molar-refractivity contribution is -0.138. The van der Waals surface area contributed by atoms with Crippen LogP contribution in [-0.4, -0.2) is 43.2 Å². The van der Waals surface area contributed by atoms with E-state index in [2.05, 4.69) is 26.8 Å². The van der Waals surface area contributed by atoms with E-state index in [1.165, 1.54) is 0 Å². The predicted molar refractivity (Wildman–Crippen MR) is 131 cm³/mol. The molecular formula is C26H29Cl2F3N2O. The van der Waals surface area contributed by atoms with E-state index in [0.29, 0.717) is 42.5 Å². The number of rotatable bonds is 3. The van der Waals surface area contributed by atoms with Gasteiger partial charge in [-0.1, -0.05) is 62.2 Å². The van der Waals surface area contributed by atoms with Gasteiger partial charge in [-0.15, -0.1) is 0 Å². The fraction of sp³-hybridized carbons (Fsp3) is 0.500. The third-order valence-electron chi connectivity index (χ3n) is 7.13. The smallest absolute Gasteiger partial charge is 0.307 e. The van der Waals surface area contributed by atoms with Gasteiger partial charge in [0.05, 0.1) is 22.0 Å². The lowest BCUT2D eigenvalue weighted by Crippen LogP contribution is -2.46. The van der Waals surface area contributed by atoms with E-state index >= 15 is 0 Å². The van der Waals surface area contributed by atoms with Crippen molar-refractivity contribution in [1.29, 1.82) is 0 Å². The summed E-state index contributed by atoms with van der Waals surface area (Å²) in [5.74, 6) is -0.253. The molecule has 2 aromatic rings. The Bertz CT molecular complexity index is 1070. The van der Waals surface area contributed by atoms with E-state index in [-0.39, 0.29) is 28.8 Å². The van der Waals surface area contributed by atoms with Crippen LogP contribution in [0.25, 0.3) is 0 Å². The van der Waals surface area contributed by atoms with Gasteiger partial charge in [-0.05, 0) is 60.7 Å². The zero-order valence-electron chi connectivity index (χ0n) is 19.6. The number of benzene rings is 2. The molecule has 2 aliphatic rings. The zero-order chi connectivity index (χ0) is 24.9. The highest BCUT2D eigenvalue weighted by atomic mass is 35.5. The molecule has 184 valence electrons. The van der Waals surface area contributed by atoms with Crippen LogP contribution < -0.4 is 4.90 Å². The molecule has 0 saturated carbocycles. The number of nitrogens with zero attached hydrogens (tertiary/aromatic N) is 2. The highest BCUT2D eigenvalue weighted by molar-refractivity contribution is 6.40. The number of likely N-dealkylation sites (tertiary alicyclic amines) is 1. The molecule has 34 heavy (non-hydrogen) atoms. The first-order valence-electron chi connectivity index (χ1n) is 11.5. The Morgan fingerprint density at radius 1 is 1.03 bits per heavy atom. The average Bonchev–Trinajstić information content (AvgIpc) is 3.06. The van der Waals surface area contributed by atoms with Crippen molar-refractivity contribution in [3.63, 3.8) is 0 Å². The zero-order valence-corrected chi connectivity index (χ0v) is 21.1. The van der Waals surface area contributed by atoms with Crippen LogP contribution in [0.4, 0.5) is 18.9 Å². The van der Waals surface area contributed by atoms with Gasteiger partial charge >= 0.3 is 6.18 Å². The summed E-state index contributed by atoms with van der Waals surface area (Å²) in [6.45, 7) is 8.01. The normalized spacial score (nSPS) is 18.4. The number of hydrogen-bond donors (Lipinski definition) is 0. The van der Waals surface area contributed by atoms with Crippen molar-refractivity contribution >= 4 is 34.8 Å². The van der Waals surface area contributed by atoms with E-state index in [1.54, 1.807) is 23.1 Å². The molecule has 0 N–H and O–H groups in total. The van der Waals surface area contributed by atoms with E-state index < -0.39 is 12.6 Å². The monoisotopic (exact) mass is 512 g/mol. The molecule has 0 unspecified atom stereocenters. The highest BCUT2D eigenvalue weighted by Crippen LogP contribution is 2.49. The molecule has 0 radical (unpaired) electrons. The SMILES string of the molecule is CC(C)(C)c1ccc2c(c1)C1(CCN(CCC(F)(F)F)CC1)CN2C(=O)c1c(Cl)cccc1Cl. The number of piperidine rings is 1. The van der Waals surface area contributed by atoms with Crippen LogP contribution in [0.15, 0.2) is 36.4 Å². The molecule has 0 aromatic heterocycles. The van der Waals surface area contributed by atoms with Gasteiger partial charge in [0.2, 0.25) is 0 Å². The average molecular weight is 513 g/mol. The third kappa shape index (κ3) is 4.95. The second kappa shape index (κ2) is 9.03. The van der Waals surface area contributed by atoms with Crippen LogP contribution in [0.1, 0.15) is 61.5 Å². The summed E-state index contributed by atoms with van der Waals surface area (Å²) in [5, 5.41) is 0.599. The number of carbonyl (C=O) groups excluding carboxylic acids is 1. The van der Waals surface area contributed by atoms with Crippen molar-refractivity contribution in [2.24, 2.45) is 0 Å². The Morgan fingerprint density at radius 3 is 2.21 bits per heavy atom. The number of anilines is 1. The van der Waals surface area contributed by atoms with Gasteiger partial charge in [0.15, 0.2) is 0 Å². The molecule has 0 atom stereocenters. The van der Waals surface area contributed by atoms with E-state index in [0.717, 1.165) is 16.8 Å². The number of halogens is 5. The summed E-state index contributed by atoms with van der Waals surface area (Å²) in [4.78, 5) is 17.3. The first-order valence-corrected chi connectivity index (χ1v) is 12.3. The van der Waals surface area contributed by atoms with Gasteiger partial charge in [0.25, 0.3) is 5.91 Å². The van der Waals surface area contributed by atoms with Crippen molar-refractivity contribution in [1.82, 2.24) is 4.90 Å². The minimum atomic E-state index is -4.16. The standard InChI is InChI=1S/C26H29Cl2F3N2O/c1-24(2,3)17-7-8-21-18(15-17)25(9-12-32(13-10-25)14-11-26(29,30)31)16-33(21)23(34)22-19(27)5-4-6-20(22)28/h4-8,15H,9-14,16H2,1-3H3. The fourth-order valence-corrected chi connectivity index (χ4v) is 5.63. The molecular weight excluding hydrogens is 484 g/mol. The van der Waals surface area contributed by atoms with Crippen molar-refractivity contribution in [3.05, 3.63) is 63.1 Å². The van der Waals surface area contributed by atoms with Crippen LogP contribution in [0.2, 0.25) is 10.0 Å². The Kier molecular flexibility index (Phi) is 6.73. The van der Waals surface area contributed by atoms with Gasteiger partial charge in [-0.25, -0.2) is 0 Å². The maximum absolute atomic E-state index is 13.7. The lowest BCUT2D eigenvalue weighted by Gasteiger charge is -2.40. The third-order valence-corrected chi connectivity index (χ3v) is 7.76. The Morgan fingerprint density at radius 2 is 1.65 bits per heavy atom. The Hall–Kier alpha value is -1.76. The molecule has 8 heteroatoms. The molecule has 2 aliphatic heterocycles. The largest absolute Gasteiger partial charge is 0.390 e.